The summed E-state index contributed by atoms with van der Waals surface area (Å²) in [7, 11) is 1.48. The van der Waals surface area contributed by atoms with Gasteiger partial charge in [0.2, 0.25) is 0 Å². The standard InChI is InChI=1S/C11H9O3/c1-13-11-7-8(4-5-9(11)12)10-3-2-6-14-10/h2-6,12H,1H3. The zero-order chi connectivity index (χ0) is 9.97. The molecule has 1 radical (unpaired) electrons. The fourth-order valence-electron chi connectivity index (χ4n) is 1.20. The molecule has 3 nitrogen and oxygen atoms in total. The van der Waals surface area contributed by atoms with Gasteiger partial charge in [-0.25, -0.2) is 0 Å². The molecular formula is C11H9O3. The lowest BCUT2D eigenvalue weighted by Gasteiger charge is -2.03. The molecule has 0 aliphatic carbocycles. The highest BCUT2D eigenvalue weighted by atomic mass is 16.5. The largest absolute Gasteiger partial charge is 0.504 e. The van der Waals surface area contributed by atoms with Crippen LogP contribution in [0.15, 0.2) is 34.9 Å². The van der Waals surface area contributed by atoms with Crippen LogP contribution < -0.4 is 4.74 Å². The average Bonchev–Trinajstić information content (AvgIpc) is 2.71. The van der Waals surface area contributed by atoms with Crippen molar-refractivity contribution in [1.29, 1.82) is 0 Å². The number of phenolic OH excluding ortho intramolecular Hbond substituents is 1. The van der Waals surface area contributed by atoms with Crippen molar-refractivity contribution < 1.29 is 14.3 Å². The minimum Gasteiger partial charge on any atom is -0.504 e. The summed E-state index contributed by atoms with van der Waals surface area (Å²) >= 11 is 0. The van der Waals surface area contributed by atoms with Gasteiger partial charge in [0, 0.05) is 11.6 Å². The van der Waals surface area contributed by atoms with Crippen LogP contribution in [-0.2, 0) is 0 Å². The highest BCUT2D eigenvalue weighted by Gasteiger charge is 2.06. The van der Waals surface area contributed by atoms with Crippen LogP contribution in [0.5, 0.6) is 11.5 Å². The smallest absolute Gasteiger partial charge is 0.169 e. The molecule has 1 aromatic heterocycles. The van der Waals surface area contributed by atoms with Crippen LogP contribution in [0.1, 0.15) is 0 Å². The van der Waals surface area contributed by atoms with Gasteiger partial charge in [-0.1, -0.05) is 0 Å². The highest BCUT2D eigenvalue weighted by Crippen LogP contribution is 2.30. The first-order chi connectivity index (χ1) is 6.81. The highest BCUT2D eigenvalue weighted by molar-refractivity contribution is 5.61. The van der Waals surface area contributed by atoms with Crippen LogP contribution in [0.2, 0.25) is 0 Å². The van der Waals surface area contributed by atoms with E-state index in [0.717, 1.165) is 5.56 Å². The molecule has 0 saturated carbocycles. The van der Waals surface area contributed by atoms with E-state index >= 15 is 0 Å². The van der Waals surface area contributed by atoms with E-state index in [0.29, 0.717) is 11.5 Å². The molecule has 0 aliphatic heterocycles. The summed E-state index contributed by atoms with van der Waals surface area (Å²) in [6.45, 7) is 0. The zero-order valence-electron chi connectivity index (χ0n) is 7.65. The van der Waals surface area contributed by atoms with Gasteiger partial charge in [0.1, 0.15) is 5.76 Å². The molecule has 0 saturated heterocycles. The fourth-order valence-corrected chi connectivity index (χ4v) is 1.20. The van der Waals surface area contributed by atoms with Crippen molar-refractivity contribution in [2.45, 2.75) is 0 Å². The van der Waals surface area contributed by atoms with Gasteiger partial charge < -0.3 is 14.3 Å². The molecule has 1 heterocycles. The van der Waals surface area contributed by atoms with Crippen LogP contribution in [0.25, 0.3) is 11.3 Å². The van der Waals surface area contributed by atoms with Crippen LogP contribution in [0, 0.1) is 6.07 Å². The predicted octanol–water partition coefficient (Wildman–Crippen LogP) is 2.46. The summed E-state index contributed by atoms with van der Waals surface area (Å²) in [5.41, 5.74) is 0.754. The Morgan fingerprint density at radius 2 is 2.21 bits per heavy atom. The third-order valence-corrected chi connectivity index (χ3v) is 1.88. The Morgan fingerprint density at radius 1 is 1.36 bits per heavy atom. The third kappa shape index (κ3) is 1.44. The molecule has 71 valence electrons. The van der Waals surface area contributed by atoms with E-state index in [1.165, 1.54) is 7.11 Å². The molecule has 2 rings (SSSR count). The number of methoxy groups -OCH3 is 1. The number of ether oxygens (including phenoxy) is 1. The summed E-state index contributed by atoms with van der Waals surface area (Å²) in [4.78, 5) is 0. The monoisotopic (exact) mass is 189 g/mol. The Bertz CT molecular complexity index is 418. The first kappa shape index (κ1) is 8.69. The maximum absolute atomic E-state index is 9.35. The number of hydrogen-bond donors (Lipinski definition) is 1. The van der Waals surface area contributed by atoms with Crippen LogP contribution in [-0.4, -0.2) is 12.2 Å². The summed E-state index contributed by atoms with van der Waals surface area (Å²) < 4.78 is 10.1. The van der Waals surface area contributed by atoms with E-state index in [9.17, 15) is 5.11 Å². The molecule has 0 amide bonds. The van der Waals surface area contributed by atoms with Crippen LogP contribution in [0.4, 0.5) is 0 Å². The summed E-state index contributed by atoms with van der Waals surface area (Å²) in [5, 5.41) is 9.35. The van der Waals surface area contributed by atoms with E-state index in [4.69, 9.17) is 9.15 Å². The van der Waals surface area contributed by atoms with Gasteiger partial charge in [-0.05, 0) is 24.3 Å². The zero-order valence-corrected chi connectivity index (χ0v) is 7.65. The Labute approximate surface area is 81.6 Å². The van der Waals surface area contributed by atoms with E-state index in [2.05, 4.69) is 6.07 Å². The van der Waals surface area contributed by atoms with Crippen LogP contribution >= 0.6 is 0 Å². The Hall–Kier alpha value is -1.90. The van der Waals surface area contributed by atoms with Crippen LogP contribution in [0.3, 0.4) is 0 Å². The van der Waals surface area contributed by atoms with Crippen molar-refractivity contribution in [2.75, 3.05) is 7.11 Å². The normalized spacial score (nSPS) is 10.1. The van der Waals surface area contributed by atoms with Gasteiger partial charge in [0.25, 0.3) is 0 Å². The quantitative estimate of drug-likeness (QED) is 0.789. The van der Waals surface area contributed by atoms with Crippen molar-refractivity contribution in [3.05, 3.63) is 36.6 Å². The van der Waals surface area contributed by atoms with Gasteiger partial charge in [-0.2, -0.15) is 0 Å². The number of phenols is 1. The second-order valence-electron chi connectivity index (χ2n) is 2.77. The number of benzene rings is 1. The topological polar surface area (TPSA) is 42.6 Å². The minimum atomic E-state index is 0.0720. The average molecular weight is 189 g/mol. The second-order valence-corrected chi connectivity index (χ2v) is 2.77. The van der Waals surface area contributed by atoms with Gasteiger partial charge >= 0.3 is 0 Å². The molecule has 14 heavy (non-hydrogen) atoms. The first-order valence-electron chi connectivity index (χ1n) is 4.14. The lowest BCUT2D eigenvalue weighted by Crippen LogP contribution is -1.84. The molecule has 0 bridgehead atoms. The van der Waals surface area contributed by atoms with Crippen molar-refractivity contribution in [2.24, 2.45) is 0 Å². The summed E-state index contributed by atoms with van der Waals surface area (Å²) in [6.07, 6.45) is 1.59. The van der Waals surface area contributed by atoms with Crippen molar-refractivity contribution in [1.82, 2.24) is 0 Å². The molecule has 3 heteroatoms. The summed E-state index contributed by atoms with van der Waals surface area (Å²) in [5.74, 6) is 1.09. The van der Waals surface area contributed by atoms with E-state index in [1.807, 2.05) is 6.07 Å². The lowest BCUT2D eigenvalue weighted by molar-refractivity contribution is 0.373. The SMILES string of the molecule is COc1[c]c(-c2ccco2)ccc1O. The Morgan fingerprint density at radius 3 is 2.86 bits per heavy atom. The molecule has 0 fully saturated rings. The van der Waals surface area contributed by atoms with Crippen molar-refractivity contribution in [3.63, 3.8) is 0 Å². The molecule has 0 spiro atoms. The van der Waals surface area contributed by atoms with Gasteiger partial charge in [-0.3, -0.25) is 0 Å². The number of aromatic hydroxyl groups is 1. The Balaban J connectivity index is 2.46. The van der Waals surface area contributed by atoms with E-state index < -0.39 is 0 Å². The van der Waals surface area contributed by atoms with Gasteiger partial charge in [0.15, 0.2) is 11.5 Å². The third-order valence-electron chi connectivity index (χ3n) is 1.88. The molecule has 2 aromatic rings. The molecule has 0 aliphatic rings. The van der Waals surface area contributed by atoms with E-state index in [-0.39, 0.29) is 5.75 Å². The van der Waals surface area contributed by atoms with Gasteiger partial charge in [-0.15, -0.1) is 0 Å². The van der Waals surface area contributed by atoms with Crippen molar-refractivity contribution in [3.8, 4) is 22.8 Å². The number of hydrogen-bond acceptors (Lipinski definition) is 3. The molecule has 1 N–H and O–H groups in total. The lowest BCUT2D eigenvalue weighted by atomic mass is 10.1. The molecule has 0 unspecified atom stereocenters. The fraction of sp³-hybridized carbons (Fsp3) is 0.0909. The molecule has 0 atom stereocenters. The number of furan rings is 1. The van der Waals surface area contributed by atoms with Crippen molar-refractivity contribution >= 4 is 0 Å². The Kier molecular flexibility index (Phi) is 2.14. The molecule has 1 aromatic carbocycles. The summed E-state index contributed by atoms with van der Waals surface area (Å²) in [6, 6.07) is 9.78. The minimum absolute atomic E-state index is 0.0720. The number of rotatable bonds is 2. The predicted molar refractivity (Wildman–Crippen MR) is 51.2 cm³/mol. The second kappa shape index (κ2) is 3.46. The maximum atomic E-state index is 9.35. The van der Waals surface area contributed by atoms with Gasteiger partial charge in [0.05, 0.1) is 13.4 Å². The first-order valence-corrected chi connectivity index (χ1v) is 4.14. The van der Waals surface area contributed by atoms with E-state index in [1.54, 1.807) is 24.5 Å². The molecular weight excluding hydrogens is 180 g/mol. The maximum Gasteiger partial charge on any atom is 0.169 e.